The lowest BCUT2D eigenvalue weighted by Crippen LogP contribution is -2.19. The number of nitrogens with zero attached hydrogens (tertiary/aromatic N) is 2. The van der Waals surface area contributed by atoms with Gasteiger partial charge < -0.3 is 0 Å². The number of halogens is 1. The summed E-state index contributed by atoms with van der Waals surface area (Å²) in [5, 5.41) is 0. The molecule has 1 N–H and O–H groups in total. The molecule has 0 amide bonds. The van der Waals surface area contributed by atoms with Crippen LogP contribution in [0.15, 0.2) is 6.07 Å². The average Bonchev–Trinajstić information content (AvgIpc) is 1.99. The first kappa shape index (κ1) is 12.2. The summed E-state index contributed by atoms with van der Waals surface area (Å²) in [5.74, 6) is -0.0111. The standard InChI is InChI=1S/C8H12ClN3O2S/c1-6-5-7(2)11-8(10-6)12-15(13,14)4-3-9/h5H,3-4H2,1-2H3,(H,10,11,12). The molecule has 0 aliphatic rings. The van der Waals surface area contributed by atoms with E-state index in [0.29, 0.717) is 11.4 Å². The van der Waals surface area contributed by atoms with Crippen molar-refractivity contribution in [3.8, 4) is 0 Å². The molecule has 0 fully saturated rings. The number of rotatable bonds is 4. The summed E-state index contributed by atoms with van der Waals surface area (Å²) in [7, 11) is -3.43. The molecule has 0 aliphatic carbocycles. The van der Waals surface area contributed by atoms with Gasteiger partial charge in [-0.25, -0.2) is 18.4 Å². The summed E-state index contributed by atoms with van der Waals surface area (Å²) < 4.78 is 25.0. The number of anilines is 1. The molecule has 1 rings (SSSR count). The second-order valence-corrected chi connectivity index (χ2v) is 5.30. The van der Waals surface area contributed by atoms with Gasteiger partial charge in [-0.2, -0.15) is 0 Å². The summed E-state index contributed by atoms with van der Waals surface area (Å²) in [5.41, 5.74) is 1.43. The molecule has 7 heteroatoms. The molecule has 1 aromatic rings. The zero-order valence-corrected chi connectivity index (χ0v) is 10.1. The third-order valence-electron chi connectivity index (χ3n) is 1.57. The molecule has 0 spiro atoms. The van der Waals surface area contributed by atoms with Crippen LogP contribution in [0.3, 0.4) is 0 Å². The summed E-state index contributed by atoms with van der Waals surface area (Å²) in [6, 6.07) is 1.76. The molecule has 0 saturated heterocycles. The molecule has 1 heterocycles. The highest BCUT2D eigenvalue weighted by molar-refractivity contribution is 7.92. The van der Waals surface area contributed by atoms with Crippen molar-refractivity contribution in [2.75, 3.05) is 16.4 Å². The first-order chi connectivity index (χ1) is 6.93. The Labute approximate surface area is 93.9 Å². The SMILES string of the molecule is Cc1cc(C)nc(NS(=O)(=O)CCCl)n1. The number of hydrogen-bond donors (Lipinski definition) is 1. The fourth-order valence-corrected chi connectivity index (χ4v) is 2.35. The summed E-state index contributed by atoms with van der Waals surface area (Å²) in [6.07, 6.45) is 0. The number of hydrogen-bond acceptors (Lipinski definition) is 4. The van der Waals surface area contributed by atoms with Crippen molar-refractivity contribution >= 4 is 27.6 Å². The van der Waals surface area contributed by atoms with E-state index in [0.717, 1.165) is 0 Å². The van der Waals surface area contributed by atoms with Crippen molar-refractivity contribution in [1.29, 1.82) is 0 Å². The molecule has 0 unspecified atom stereocenters. The Bertz CT molecular complexity index is 427. The van der Waals surface area contributed by atoms with Gasteiger partial charge >= 0.3 is 0 Å². The lowest BCUT2D eigenvalue weighted by Gasteiger charge is -2.06. The third kappa shape index (κ3) is 4.01. The van der Waals surface area contributed by atoms with Crippen LogP contribution in [0.25, 0.3) is 0 Å². The van der Waals surface area contributed by atoms with Crippen molar-refractivity contribution in [3.05, 3.63) is 17.5 Å². The normalized spacial score (nSPS) is 11.4. The minimum Gasteiger partial charge on any atom is -0.251 e. The fraction of sp³-hybridized carbons (Fsp3) is 0.500. The van der Waals surface area contributed by atoms with E-state index < -0.39 is 10.0 Å². The van der Waals surface area contributed by atoms with E-state index in [1.807, 2.05) is 0 Å². The van der Waals surface area contributed by atoms with Gasteiger partial charge in [0.05, 0.1) is 5.75 Å². The second kappa shape index (κ2) is 4.76. The summed E-state index contributed by atoms with van der Waals surface area (Å²) in [4.78, 5) is 7.91. The Morgan fingerprint density at radius 1 is 1.33 bits per heavy atom. The zero-order chi connectivity index (χ0) is 11.5. The number of sulfonamides is 1. The number of aromatic nitrogens is 2. The van der Waals surface area contributed by atoms with Crippen LogP contribution in [0.1, 0.15) is 11.4 Å². The van der Waals surface area contributed by atoms with E-state index in [-0.39, 0.29) is 17.6 Å². The quantitative estimate of drug-likeness (QED) is 0.811. The number of aryl methyl sites for hydroxylation is 2. The van der Waals surface area contributed by atoms with Crippen molar-refractivity contribution in [2.45, 2.75) is 13.8 Å². The molecule has 0 aromatic carbocycles. The fourth-order valence-electron chi connectivity index (χ4n) is 1.06. The highest BCUT2D eigenvalue weighted by atomic mass is 35.5. The van der Waals surface area contributed by atoms with Gasteiger partial charge in [0.1, 0.15) is 0 Å². The Hall–Kier alpha value is -0.880. The largest absolute Gasteiger partial charge is 0.251 e. The molecule has 15 heavy (non-hydrogen) atoms. The maximum atomic E-state index is 11.3. The van der Waals surface area contributed by atoms with Crippen molar-refractivity contribution < 1.29 is 8.42 Å². The van der Waals surface area contributed by atoms with E-state index in [1.165, 1.54) is 0 Å². The Morgan fingerprint density at radius 2 is 1.87 bits per heavy atom. The molecule has 0 atom stereocenters. The highest BCUT2D eigenvalue weighted by Crippen LogP contribution is 2.06. The van der Waals surface area contributed by atoms with E-state index in [2.05, 4.69) is 14.7 Å². The molecule has 0 saturated carbocycles. The van der Waals surface area contributed by atoms with Gasteiger partial charge in [-0.1, -0.05) is 0 Å². The van der Waals surface area contributed by atoms with E-state index in [1.54, 1.807) is 19.9 Å². The van der Waals surface area contributed by atoms with Crippen molar-refractivity contribution in [3.63, 3.8) is 0 Å². The zero-order valence-electron chi connectivity index (χ0n) is 8.49. The van der Waals surface area contributed by atoms with Crippen molar-refractivity contribution in [1.82, 2.24) is 9.97 Å². The van der Waals surface area contributed by atoms with Gasteiger partial charge in [0.25, 0.3) is 0 Å². The molecule has 84 valence electrons. The van der Waals surface area contributed by atoms with Gasteiger partial charge in [0.2, 0.25) is 16.0 Å². The lowest BCUT2D eigenvalue weighted by molar-refractivity contribution is 0.602. The van der Waals surface area contributed by atoms with Crippen LogP contribution in [0.5, 0.6) is 0 Å². The highest BCUT2D eigenvalue weighted by Gasteiger charge is 2.11. The van der Waals surface area contributed by atoms with Crippen LogP contribution < -0.4 is 4.72 Å². The van der Waals surface area contributed by atoms with E-state index >= 15 is 0 Å². The molecule has 1 aromatic heterocycles. The Balaban J connectivity index is 2.90. The first-order valence-electron chi connectivity index (χ1n) is 4.32. The summed E-state index contributed by atoms with van der Waals surface area (Å²) in [6.45, 7) is 3.54. The minimum atomic E-state index is -3.43. The Morgan fingerprint density at radius 3 is 2.33 bits per heavy atom. The first-order valence-corrected chi connectivity index (χ1v) is 6.50. The predicted molar refractivity (Wildman–Crippen MR) is 59.6 cm³/mol. The molecule has 0 radical (unpaired) electrons. The topological polar surface area (TPSA) is 72.0 Å². The minimum absolute atomic E-state index is 0.0418. The van der Waals surface area contributed by atoms with Crippen LogP contribution in [-0.2, 0) is 10.0 Å². The molecule has 5 nitrogen and oxygen atoms in total. The number of nitrogens with one attached hydrogen (secondary N) is 1. The van der Waals surface area contributed by atoms with E-state index in [9.17, 15) is 8.42 Å². The van der Waals surface area contributed by atoms with Crippen LogP contribution in [-0.4, -0.2) is 30.0 Å². The van der Waals surface area contributed by atoms with Crippen molar-refractivity contribution in [2.24, 2.45) is 0 Å². The molecule has 0 bridgehead atoms. The maximum absolute atomic E-state index is 11.3. The van der Waals surface area contributed by atoms with Gasteiger partial charge in [0.15, 0.2) is 0 Å². The monoisotopic (exact) mass is 249 g/mol. The average molecular weight is 250 g/mol. The molecular formula is C8H12ClN3O2S. The Kier molecular flexibility index (Phi) is 3.87. The van der Waals surface area contributed by atoms with E-state index in [4.69, 9.17) is 11.6 Å². The van der Waals surface area contributed by atoms with Gasteiger partial charge in [0, 0.05) is 17.3 Å². The van der Waals surface area contributed by atoms with Crippen LogP contribution in [0.4, 0.5) is 5.95 Å². The van der Waals surface area contributed by atoms with Crippen LogP contribution in [0.2, 0.25) is 0 Å². The molecular weight excluding hydrogens is 238 g/mol. The molecule has 0 aliphatic heterocycles. The van der Waals surface area contributed by atoms with Crippen LogP contribution in [0, 0.1) is 13.8 Å². The second-order valence-electron chi connectivity index (χ2n) is 3.08. The lowest BCUT2D eigenvalue weighted by atomic mass is 10.4. The van der Waals surface area contributed by atoms with Gasteiger partial charge in [-0.05, 0) is 19.9 Å². The predicted octanol–water partition coefficient (Wildman–Crippen LogP) is 1.07. The smallest absolute Gasteiger partial charge is 0.236 e. The van der Waals surface area contributed by atoms with Crippen LogP contribution >= 0.6 is 11.6 Å². The number of alkyl halides is 1. The third-order valence-corrected chi connectivity index (χ3v) is 3.22. The summed E-state index contributed by atoms with van der Waals surface area (Å²) >= 11 is 5.35. The van der Waals surface area contributed by atoms with Gasteiger partial charge in [-0.3, -0.25) is 4.72 Å². The maximum Gasteiger partial charge on any atom is 0.236 e. The van der Waals surface area contributed by atoms with Gasteiger partial charge in [-0.15, -0.1) is 11.6 Å².